The van der Waals surface area contributed by atoms with Gasteiger partial charge in [-0.2, -0.15) is 0 Å². The summed E-state index contributed by atoms with van der Waals surface area (Å²) in [6, 6.07) is 0. The molecule has 0 saturated carbocycles. The molecular weight excluding hydrogens is 175 g/mol. The van der Waals surface area contributed by atoms with Crippen LogP contribution < -0.4 is 0 Å². The molecule has 10 heavy (non-hydrogen) atoms. The molecule has 0 radical (unpaired) electrons. The lowest BCUT2D eigenvalue weighted by molar-refractivity contribution is 0.480. The largest absolute Gasteiger partial charge is 0.610 e. The molecule has 0 bridgehead atoms. The molecule has 1 aromatic heterocycles. The predicted molar refractivity (Wildman–Crippen MR) is 37.1 cm³/mol. The quantitative estimate of drug-likeness (QED) is 0.631. The van der Waals surface area contributed by atoms with E-state index in [4.69, 9.17) is 0 Å². The molecule has 0 aliphatic rings. The first kappa shape index (κ1) is 7.90. The normalized spacial score (nSPS) is 13.5. The van der Waals surface area contributed by atoms with Gasteiger partial charge in [0.1, 0.15) is 12.9 Å². The summed E-state index contributed by atoms with van der Waals surface area (Å²) >= 11 is -0.0879. The van der Waals surface area contributed by atoms with Crippen molar-refractivity contribution < 1.29 is 8.94 Å². The summed E-state index contributed by atoms with van der Waals surface area (Å²) in [6.07, 6.45) is 1.49. The second-order valence-corrected chi connectivity index (χ2v) is 4.16. The maximum Gasteiger partial charge on any atom is 0.321 e. The zero-order valence-corrected chi connectivity index (χ0v) is 6.84. The van der Waals surface area contributed by atoms with E-state index in [0.29, 0.717) is 4.34 Å². The van der Waals surface area contributed by atoms with Crippen LogP contribution in [0, 0.1) is 0 Å². The van der Waals surface area contributed by atoms with E-state index in [1.807, 2.05) is 0 Å². The van der Waals surface area contributed by atoms with Crippen LogP contribution in [0.2, 0.25) is 0 Å². The molecular formula is C4H5FN2OS2. The zero-order chi connectivity index (χ0) is 7.56. The molecule has 3 nitrogen and oxygen atoms in total. The Kier molecular flexibility index (Phi) is 2.58. The predicted octanol–water partition coefficient (Wildman–Crippen LogP) is 0.745. The minimum absolute atomic E-state index is 0.283. The molecule has 0 saturated heterocycles. The smallest absolute Gasteiger partial charge is 0.321 e. The van der Waals surface area contributed by atoms with Crippen LogP contribution in [-0.2, 0) is 17.9 Å². The van der Waals surface area contributed by atoms with Crippen LogP contribution in [0.25, 0.3) is 0 Å². The number of hydrogen-bond donors (Lipinski definition) is 0. The minimum atomic E-state index is -1.13. The van der Waals surface area contributed by atoms with Gasteiger partial charge in [0.05, 0.1) is 0 Å². The number of alkyl halides is 1. The van der Waals surface area contributed by atoms with Gasteiger partial charge in [-0.15, -0.1) is 5.10 Å². The van der Waals surface area contributed by atoms with Crippen molar-refractivity contribution in [2.24, 2.45) is 0 Å². The van der Waals surface area contributed by atoms with E-state index in [2.05, 4.69) is 10.2 Å². The molecule has 0 aliphatic heterocycles. The van der Waals surface area contributed by atoms with Crippen molar-refractivity contribution in [3.63, 3.8) is 0 Å². The minimum Gasteiger partial charge on any atom is -0.610 e. The van der Waals surface area contributed by atoms with Crippen molar-refractivity contribution in [3.8, 4) is 0 Å². The van der Waals surface area contributed by atoms with Crippen LogP contribution in [0.1, 0.15) is 5.01 Å². The van der Waals surface area contributed by atoms with E-state index in [-0.39, 0.29) is 5.01 Å². The molecule has 1 aromatic rings. The van der Waals surface area contributed by atoms with Crippen molar-refractivity contribution in [2.75, 3.05) is 6.26 Å². The van der Waals surface area contributed by atoms with Crippen LogP contribution in [-0.4, -0.2) is 21.0 Å². The second kappa shape index (κ2) is 3.27. The van der Waals surface area contributed by atoms with Crippen molar-refractivity contribution in [3.05, 3.63) is 5.01 Å². The Hall–Kier alpha value is -0.200. The third-order valence-electron chi connectivity index (χ3n) is 0.809. The van der Waals surface area contributed by atoms with E-state index in [9.17, 15) is 8.94 Å². The van der Waals surface area contributed by atoms with Crippen LogP contribution >= 0.6 is 11.3 Å². The second-order valence-electron chi connectivity index (χ2n) is 1.55. The molecule has 56 valence electrons. The summed E-state index contributed by atoms with van der Waals surface area (Å²) < 4.78 is 22.9. The summed E-state index contributed by atoms with van der Waals surface area (Å²) in [6.45, 7) is -0.630. The van der Waals surface area contributed by atoms with E-state index in [1.54, 1.807) is 0 Å². The van der Waals surface area contributed by atoms with Crippen molar-refractivity contribution >= 4 is 22.5 Å². The summed E-state index contributed by atoms with van der Waals surface area (Å²) in [5, 5.41) is 7.25. The Balaban J connectivity index is 2.78. The highest BCUT2D eigenvalue weighted by Gasteiger charge is 2.11. The first-order chi connectivity index (χ1) is 4.74. The fourth-order valence-corrected chi connectivity index (χ4v) is 1.74. The Labute approximate surface area is 64.5 Å². The third-order valence-corrected chi connectivity index (χ3v) is 3.02. The topological polar surface area (TPSA) is 48.8 Å². The van der Waals surface area contributed by atoms with Gasteiger partial charge in [-0.3, -0.25) is 0 Å². The lowest BCUT2D eigenvalue weighted by atomic mass is 10.8. The molecule has 0 fully saturated rings. The molecule has 1 unspecified atom stereocenters. The fraction of sp³-hybridized carbons (Fsp3) is 0.500. The third kappa shape index (κ3) is 1.65. The SMILES string of the molecule is C[S+]([O-])c1nnc(CF)s1. The number of aromatic nitrogens is 2. The fourth-order valence-electron chi connectivity index (χ4n) is 0.408. The highest BCUT2D eigenvalue weighted by molar-refractivity contribution is 7.92. The average Bonchev–Trinajstić information content (AvgIpc) is 2.34. The van der Waals surface area contributed by atoms with Gasteiger partial charge in [-0.05, 0) is 11.3 Å². The Bertz CT molecular complexity index is 215. The summed E-state index contributed by atoms with van der Waals surface area (Å²) in [5.41, 5.74) is 0. The van der Waals surface area contributed by atoms with E-state index >= 15 is 0 Å². The molecule has 6 heteroatoms. The van der Waals surface area contributed by atoms with Gasteiger partial charge in [0.15, 0.2) is 5.01 Å². The van der Waals surface area contributed by atoms with Crippen LogP contribution in [0.3, 0.4) is 0 Å². The molecule has 1 rings (SSSR count). The number of rotatable bonds is 2. The van der Waals surface area contributed by atoms with Crippen molar-refractivity contribution in [2.45, 2.75) is 11.0 Å². The van der Waals surface area contributed by atoms with Gasteiger partial charge >= 0.3 is 4.34 Å². The van der Waals surface area contributed by atoms with Crippen LogP contribution in [0.5, 0.6) is 0 Å². The van der Waals surface area contributed by atoms with Gasteiger partial charge in [0.25, 0.3) is 0 Å². The number of hydrogen-bond acceptors (Lipinski definition) is 4. The van der Waals surface area contributed by atoms with Crippen LogP contribution in [0.4, 0.5) is 4.39 Å². The zero-order valence-electron chi connectivity index (χ0n) is 5.20. The van der Waals surface area contributed by atoms with Gasteiger partial charge in [0, 0.05) is 11.2 Å². The van der Waals surface area contributed by atoms with Gasteiger partial charge in [0.2, 0.25) is 0 Å². The molecule has 0 spiro atoms. The van der Waals surface area contributed by atoms with Crippen molar-refractivity contribution in [1.29, 1.82) is 0 Å². The highest BCUT2D eigenvalue weighted by Crippen LogP contribution is 2.15. The maximum absolute atomic E-state index is 11.8. The summed E-state index contributed by atoms with van der Waals surface area (Å²) in [7, 11) is 0. The lowest BCUT2D eigenvalue weighted by Crippen LogP contribution is -1.95. The first-order valence-electron chi connectivity index (χ1n) is 2.46. The molecule has 0 aromatic carbocycles. The summed E-state index contributed by atoms with van der Waals surface area (Å²) in [5.74, 6) is 0. The van der Waals surface area contributed by atoms with Crippen LogP contribution in [0.15, 0.2) is 4.34 Å². The van der Waals surface area contributed by atoms with Gasteiger partial charge < -0.3 is 4.55 Å². The van der Waals surface area contributed by atoms with Gasteiger partial charge in [-0.1, -0.05) is 5.10 Å². The maximum atomic E-state index is 11.8. The molecule has 1 heterocycles. The number of halogens is 1. The number of nitrogens with zero attached hydrogens (tertiary/aromatic N) is 2. The molecule has 0 amide bonds. The standard InChI is InChI=1S/C4H5FN2OS2/c1-10(8)4-7-6-3(2-5)9-4/h2H2,1H3. The Morgan fingerprint density at radius 3 is 2.70 bits per heavy atom. The molecule has 0 N–H and O–H groups in total. The Morgan fingerprint density at radius 2 is 2.40 bits per heavy atom. The average molecular weight is 180 g/mol. The van der Waals surface area contributed by atoms with E-state index in [1.165, 1.54) is 6.26 Å². The van der Waals surface area contributed by atoms with E-state index < -0.39 is 17.9 Å². The van der Waals surface area contributed by atoms with Crippen molar-refractivity contribution in [1.82, 2.24) is 10.2 Å². The monoisotopic (exact) mass is 180 g/mol. The summed E-state index contributed by atoms with van der Waals surface area (Å²) in [4.78, 5) is 0. The molecule has 1 atom stereocenters. The molecule has 0 aliphatic carbocycles. The lowest BCUT2D eigenvalue weighted by Gasteiger charge is -1.93. The Morgan fingerprint density at radius 1 is 1.70 bits per heavy atom. The van der Waals surface area contributed by atoms with Gasteiger partial charge in [-0.25, -0.2) is 4.39 Å². The highest BCUT2D eigenvalue weighted by atomic mass is 32.2. The first-order valence-corrected chi connectivity index (χ1v) is 4.83. The van der Waals surface area contributed by atoms with E-state index in [0.717, 1.165) is 11.3 Å².